The maximum absolute atomic E-state index is 12.6. The summed E-state index contributed by atoms with van der Waals surface area (Å²) in [4.78, 5) is 28.7. The highest BCUT2D eigenvalue weighted by atomic mass is 16.3. The Kier molecular flexibility index (Phi) is 3.75. The summed E-state index contributed by atoms with van der Waals surface area (Å²) in [5, 5.41) is 0. The Labute approximate surface area is 134 Å². The molecular weight excluding hydrogens is 296 g/mol. The van der Waals surface area contributed by atoms with Gasteiger partial charge in [0.2, 0.25) is 0 Å². The summed E-state index contributed by atoms with van der Waals surface area (Å²) in [5.74, 6) is 0.326. The molecule has 2 aromatic heterocycles. The third-order valence-electron chi connectivity index (χ3n) is 4.24. The molecular formula is C17H20N2O4. The number of furan rings is 2. The second-order valence-electron chi connectivity index (χ2n) is 6.46. The van der Waals surface area contributed by atoms with Crippen LogP contribution in [0.5, 0.6) is 0 Å². The second-order valence-corrected chi connectivity index (χ2v) is 6.46. The van der Waals surface area contributed by atoms with Crippen LogP contribution in [-0.2, 0) is 0 Å². The second kappa shape index (κ2) is 5.61. The highest BCUT2D eigenvalue weighted by molar-refractivity contribution is 5.94. The van der Waals surface area contributed by atoms with Crippen molar-refractivity contribution in [1.29, 1.82) is 0 Å². The van der Waals surface area contributed by atoms with E-state index in [1.807, 2.05) is 20.8 Å². The zero-order valence-corrected chi connectivity index (χ0v) is 13.5. The van der Waals surface area contributed by atoms with E-state index in [9.17, 15) is 9.59 Å². The van der Waals surface area contributed by atoms with Crippen LogP contribution in [0.1, 0.15) is 41.9 Å². The average molecular weight is 316 g/mol. The molecule has 0 aliphatic carbocycles. The first kappa shape index (κ1) is 15.4. The van der Waals surface area contributed by atoms with Crippen molar-refractivity contribution >= 4 is 11.8 Å². The van der Waals surface area contributed by atoms with Gasteiger partial charge in [0, 0.05) is 19.1 Å². The maximum Gasteiger partial charge on any atom is 0.290 e. The summed E-state index contributed by atoms with van der Waals surface area (Å²) in [6, 6.07) is 6.59. The van der Waals surface area contributed by atoms with E-state index in [4.69, 9.17) is 8.83 Å². The number of piperazine rings is 1. The van der Waals surface area contributed by atoms with Gasteiger partial charge >= 0.3 is 0 Å². The molecule has 0 aromatic carbocycles. The van der Waals surface area contributed by atoms with Gasteiger partial charge < -0.3 is 18.6 Å². The van der Waals surface area contributed by atoms with Gasteiger partial charge in [0.05, 0.1) is 18.1 Å². The number of hydrogen-bond donors (Lipinski definition) is 0. The topological polar surface area (TPSA) is 66.9 Å². The van der Waals surface area contributed by atoms with E-state index in [1.165, 1.54) is 12.5 Å². The van der Waals surface area contributed by atoms with Crippen LogP contribution in [0.25, 0.3) is 0 Å². The van der Waals surface area contributed by atoms with Crippen molar-refractivity contribution in [2.24, 2.45) is 0 Å². The molecule has 2 amide bonds. The fraction of sp³-hybridized carbons (Fsp3) is 0.412. The van der Waals surface area contributed by atoms with Gasteiger partial charge in [-0.2, -0.15) is 0 Å². The highest BCUT2D eigenvalue weighted by Gasteiger charge is 2.43. The molecule has 1 atom stereocenters. The Morgan fingerprint density at radius 3 is 2.17 bits per heavy atom. The van der Waals surface area contributed by atoms with Crippen LogP contribution in [0.2, 0.25) is 0 Å². The Bertz CT molecular complexity index is 688. The fourth-order valence-electron chi connectivity index (χ4n) is 2.97. The number of carbonyl (C=O) groups is 2. The standard InChI is InChI=1S/C17H20N2O4/c1-12-10-19(16(21)14-7-5-9-23-14)17(2,3)11-18(12)15(20)13-6-4-8-22-13/h4-9,12H,10-11H2,1-3H3. The number of hydrogen-bond acceptors (Lipinski definition) is 4. The van der Waals surface area contributed by atoms with Crippen molar-refractivity contribution in [3.8, 4) is 0 Å². The first-order valence-corrected chi connectivity index (χ1v) is 7.60. The minimum Gasteiger partial charge on any atom is -0.459 e. The van der Waals surface area contributed by atoms with E-state index in [0.29, 0.717) is 24.6 Å². The zero-order valence-electron chi connectivity index (χ0n) is 13.5. The van der Waals surface area contributed by atoms with Gasteiger partial charge in [-0.15, -0.1) is 0 Å². The quantitative estimate of drug-likeness (QED) is 0.854. The van der Waals surface area contributed by atoms with Gasteiger partial charge in [-0.05, 0) is 45.0 Å². The van der Waals surface area contributed by atoms with E-state index in [2.05, 4.69) is 0 Å². The van der Waals surface area contributed by atoms with E-state index in [-0.39, 0.29) is 17.9 Å². The molecule has 6 heteroatoms. The van der Waals surface area contributed by atoms with Gasteiger partial charge in [0.1, 0.15) is 0 Å². The van der Waals surface area contributed by atoms with E-state index in [1.54, 1.807) is 34.1 Å². The Hall–Kier alpha value is -2.50. The maximum atomic E-state index is 12.6. The van der Waals surface area contributed by atoms with Crippen LogP contribution in [0.3, 0.4) is 0 Å². The van der Waals surface area contributed by atoms with Crippen molar-refractivity contribution in [3.63, 3.8) is 0 Å². The van der Waals surface area contributed by atoms with Crippen molar-refractivity contribution in [1.82, 2.24) is 9.80 Å². The first-order chi connectivity index (χ1) is 10.9. The normalized spacial score (nSPS) is 20.6. The lowest BCUT2D eigenvalue weighted by atomic mass is 9.95. The van der Waals surface area contributed by atoms with Crippen LogP contribution < -0.4 is 0 Å². The van der Waals surface area contributed by atoms with Crippen molar-refractivity contribution in [2.45, 2.75) is 32.4 Å². The average Bonchev–Trinajstić information content (AvgIpc) is 3.20. The molecule has 0 spiro atoms. The van der Waals surface area contributed by atoms with Crippen LogP contribution in [-0.4, -0.2) is 46.3 Å². The van der Waals surface area contributed by atoms with Gasteiger partial charge in [0.25, 0.3) is 11.8 Å². The van der Waals surface area contributed by atoms with Gasteiger partial charge in [-0.25, -0.2) is 0 Å². The van der Waals surface area contributed by atoms with Crippen LogP contribution in [0, 0.1) is 0 Å². The smallest absolute Gasteiger partial charge is 0.290 e. The number of rotatable bonds is 2. The lowest BCUT2D eigenvalue weighted by Crippen LogP contribution is -2.65. The van der Waals surface area contributed by atoms with Crippen molar-refractivity contribution in [2.75, 3.05) is 13.1 Å². The summed E-state index contributed by atoms with van der Waals surface area (Å²) in [7, 11) is 0. The molecule has 6 nitrogen and oxygen atoms in total. The number of nitrogens with zero attached hydrogens (tertiary/aromatic N) is 2. The summed E-state index contributed by atoms with van der Waals surface area (Å²) in [6.45, 7) is 6.70. The van der Waals surface area contributed by atoms with Crippen molar-refractivity contribution < 1.29 is 18.4 Å². The van der Waals surface area contributed by atoms with Gasteiger partial charge in [0.15, 0.2) is 11.5 Å². The Morgan fingerprint density at radius 2 is 1.65 bits per heavy atom. The lowest BCUT2D eigenvalue weighted by Gasteiger charge is -2.49. The van der Waals surface area contributed by atoms with E-state index < -0.39 is 5.54 Å². The van der Waals surface area contributed by atoms with Crippen LogP contribution in [0.15, 0.2) is 45.6 Å². The Morgan fingerprint density at radius 1 is 1.09 bits per heavy atom. The largest absolute Gasteiger partial charge is 0.459 e. The summed E-state index contributed by atoms with van der Waals surface area (Å²) >= 11 is 0. The van der Waals surface area contributed by atoms with Crippen LogP contribution in [0.4, 0.5) is 0 Å². The Balaban J connectivity index is 1.82. The third-order valence-corrected chi connectivity index (χ3v) is 4.24. The molecule has 3 rings (SSSR count). The van der Waals surface area contributed by atoms with Gasteiger partial charge in [-0.3, -0.25) is 9.59 Å². The zero-order chi connectivity index (χ0) is 16.6. The predicted octanol–water partition coefficient (Wildman–Crippen LogP) is 2.64. The minimum absolute atomic E-state index is 0.112. The third kappa shape index (κ3) is 2.76. The molecule has 0 N–H and O–H groups in total. The van der Waals surface area contributed by atoms with Gasteiger partial charge in [-0.1, -0.05) is 0 Å². The molecule has 23 heavy (non-hydrogen) atoms. The molecule has 1 aliphatic rings. The summed E-state index contributed by atoms with van der Waals surface area (Å²) < 4.78 is 10.4. The molecule has 1 aliphatic heterocycles. The predicted molar refractivity (Wildman–Crippen MR) is 83.0 cm³/mol. The molecule has 1 unspecified atom stereocenters. The monoisotopic (exact) mass is 316 g/mol. The molecule has 1 fully saturated rings. The molecule has 1 saturated heterocycles. The molecule has 0 radical (unpaired) electrons. The molecule has 3 heterocycles. The number of carbonyl (C=O) groups excluding carboxylic acids is 2. The van der Waals surface area contributed by atoms with E-state index >= 15 is 0 Å². The fourth-order valence-corrected chi connectivity index (χ4v) is 2.97. The summed E-state index contributed by atoms with van der Waals surface area (Å²) in [6.07, 6.45) is 2.97. The van der Waals surface area contributed by atoms with Crippen LogP contribution >= 0.6 is 0 Å². The molecule has 0 saturated carbocycles. The lowest BCUT2D eigenvalue weighted by molar-refractivity contribution is -0.00327. The SMILES string of the molecule is CC1CN(C(=O)c2ccco2)C(C)(C)CN1C(=O)c1ccco1. The molecule has 122 valence electrons. The molecule has 0 bridgehead atoms. The molecule has 2 aromatic rings. The van der Waals surface area contributed by atoms with E-state index in [0.717, 1.165) is 0 Å². The highest BCUT2D eigenvalue weighted by Crippen LogP contribution is 2.27. The van der Waals surface area contributed by atoms with Crippen molar-refractivity contribution in [3.05, 3.63) is 48.3 Å². The summed E-state index contributed by atoms with van der Waals surface area (Å²) in [5.41, 5.74) is -0.501. The minimum atomic E-state index is -0.501. The first-order valence-electron chi connectivity index (χ1n) is 7.60. The number of amides is 2.